The monoisotopic (exact) mass is 393 g/mol. The molecule has 0 aliphatic carbocycles. The number of Topliss-reactive ketones (excluding diaryl/α,β-unsaturated/α-hetero) is 1. The van der Waals surface area contributed by atoms with Crippen LogP contribution in [0.25, 0.3) is 15.7 Å². The van der Waals surface area contributed by atoms with Crippen molar-refractivity contribution in [3.05, 3.63) is 70.2 Å². The van der Waals surface area contributed by atoms with Crippen LogP contribution in [0.4, 0.5) is 11.4 Å². The van der Waals surface area contributed by atoms with Gasteiger partial charge in [0.2, 0.25) is 0 Å². The fourth-order valence-electron chi connectivity index (χ4n) is 3.01. The average molecular weight is 394 g/mol. The van der Waals surface area contributed by atoms with E-state index < -0.39 is 0 Å². The number of ketones is 1. The Balaban J connectivity index is 1.97. The molecular weight excluding hydrogens is 374 g/mol. The molecule has 0 saturated carbocycles. The van der Waals surface area contributed by atoms with Gasteiger partial charge in [0.05, 0.1) is 24.2 Å². The zero-order valence-electron chi connectivity index (χ0n) is 15.8. The third kappa shape index (κ3) is 4.41. The molecule has 0 aliphatic rings. The van der Waals surface area contributed by atoms with E-state index >= 15 is 0 Å². The van der Waals surface area contributed by atoms with Gasteiger partial charge in [-0.15, -0.1) is 0 Å². The highest BCUT2D eigenvalue weighted by molar-refractivity contribution is 6.32. The van der Waals surface area contributed by atoms with E-state index in [1.54, 1.807) is 26.3 Å². The minimum Gasteiger partial charge on any atom is -0.495 e. The van der Waals surface area contributed by atoms with Gasteiger partial charge in [0.25, 0.3) is 0 Å². The van der Waals surface area contributed by atoms with Gasteiger partial charge in [-0.2, -0.15) is 0 Å². The standard InChI is InChI=1S/C22H20ClN3O2/c1-14(27)4-6-16-13-25-20-8-7-17(24-2)11-18(20)22(16)26-12-15-5-9-21(28-3)19(23)10-15/h5,7-11,13H,4,6,12H2,1,3H3,(H,25,26). The lowest BCUT2D eigenvalue weighted by atomic mass is 10.0. The molecule has 0 bridgehead atoms. The molecule has 3 aromatic rings. The van der Waals surface area contributed by atoms with Crippen LogP contribution in [0.1, 0.15) is 24.5 Å². The van der Waals surface area contributed by atoms with E-state index in [1.165, 1.54) is 0 Å². The van der Waals surface area contributed by atoms with Gasteiger partial charge in [0.1, 0.15) is 11.5 Å². The van der Waals surface area contributed by atoms with Crippen LogP contribution in [-0.2, 0) is 17.8 Å². The fraction of sp³-hybridized carbons (Fsp3) is 0.227. The molecule has 0 fully saturated rings. The number of pyridine rings is 1. The van der Waals surface area contributed by atoms with E-state index in [9.17, 15) is 4.79 Å². The lowest BCUT2D eigenvalue weighted by molar-refractivity contribution is -0.116. The maximum Gasteiger partial charge on any atom is 0.188 e. The van der Waals surface area contributed by atoms with E-state index in [2.05, 4.69) is 15.1 Å². The van der Waals surface area contributed by atoms with E-state index in [4.69, 9.17) is 22.9 Å². The molecule has 0 radical (unpaired) electrons. The van der Waals surface area contributed by atoms with Crippen LogP contribution >= 0.6 is 11.6 Å². The van der Waals surface area contributed by atoms with Crippen molar-refractivity contribution < 1.29 is 9.53 Å². The molecule has 0 aliphatic heterocycles. The van der Waals surface area contributed by atoms with Gasteiger partial charge in [-0.05, 0) is 48.7 Å². The van der Waals surface area contributed by atoms with Crippen molar-refractivity contribution in [2.75, 3.05) is 12.4 Å². The Morgan fingerprint density at radius 1 is 1.29 bits per heavy atom. The third-order valence-electron chi connectivity index (χ3n) is 4.49. The maximum absolute atomic E-state index is 11.5. The number of aromatic nitrogens is 1. The summed E-state index contributed by atoms with van der Waals surface area (Å²) < 4.78 is 5.20. The van der Waals surface area contributed by atoms with Crippen molar-refractivity contribution in [1.82, 2.24) is 4.98 Å². The van der Waals surface area contributed by atoms with Gasteiger partial charge in [0, 0.05) is 30.2 Å². The molecule has 0 saturated heterocycles. The summed E-state index contributed by atoms with van der Waals surface area (Å²) in [5.74, 6) is 0.756. The third-order valence-corrected chi connectivity index (χ3v) is 4.79. The number of anilines is 1. The molecule has 0 atom stereocenters. The zero-order chi connectivity index (χ0) is 20.1. The summed E-state index contributed by atoms with van der Waals surface area (Å²) >= 11 is 6.23. The number of benzene rings is 2. The first kappa shape index (κ1) is 19.7. The van der Waals surface area contributed by atoms with Gasteiger partial charge in [-0.3, -0.25) is 4.98 Å². The molecule has 6 heteroatoms. The summed E-state index contributed by atoms with van der Waals surface area (Å²) in [5.41, 5.74) is 4.19. The number of hydrogen-bond donors (Lipinski definition) is 1. The normalized spacial score (nSPS) is 10.5. The minimum atomic E-state index is 0.128. The molecule has 3 rings (SSSR count). The van der Waals surface area contributed by atoms with Crippen molar-refractivity contribution in [2.24, 2.45) is 0 Å². The molecule has 28 heavy (non-hydrogen) atoms. The van der Waals surface area contributed by atoms with Gasteiger partial charge in [0.15, 0.2) is 5.69 Å². The Hall–Kier alpha value is -3.10. The highest BCUT2D eigenvalue weighted by Gasteiger charge is 2.11. The van der Waals surface area contributed by atoms with Crippen LogP contribution in [0.2, 0.25) is 5.02 Å². The van der Waals surface area contributed by atoms with Gasteiger partial charge >= 0.3 is 0 Å². The quantitative estimate of drug-likeness (QED) is 0.532. The minimum absolute atomic E-state index is 0.128. The van der Waals surface area contributed by atoms with Crippen LogP contribution in [-0.4, -0.2) is 17.9 Å². The Kier molecular flexibility index (Phi) is 6.13. The van der Waals surface area contributed by atoms with E-state index in [0.29, 0.717) is 35.8 Å². The number of hydrogen-bond acceptors (Lipinski definition) is 4. The number of halogens is 1. The number of nitrogens with zero attached hydrogens (tertiary/aromatic N) is 2. The summed E-state index contributed by atoms with van der Waals surface area (Å²) in [7, 11) is 1.58. The molecule has 0 spiro atoms. The fourth-order valence-corrected chi connectivity index (χ4v) is 3.29. The number of methoxy groups -OCH3 is 1. The van der Waals surface area contributed by atoms with Crippen molar-refractivity contribution in [1.29, 1.82) is 0 Å². The van der Waals surface area contributed by atoms with E-state index in [0.717, 1.165) is 27.7 Å². The zero-order valence-corrected chi connectivity index (χ0v) is 16.5. The second-order valence-electron chi connectivity index (χ2n) is 6.50. The number of rotatable bonds is 7. The predicted octanol–water partition coefficient (Wildman–Crippen LogP) is 5.58. The lowest BCUT2D eigenvalue weighted by Crippen LogP contribution is -2.06. The number of fused-ring (bicyclic) bond motifs is 1. The van der Waals surface area contributed by atoms with E-state index in [-0.39, 0.29) is 5.78 Å². The molecule has 0 amide bonds. The van der Waals surface area contributed by atoms with Crippen LogP contribution in [0.5, 0.6) is 5.75 Å². The number of carbonyl (C=O) groups excluding carboxylic acids is 1. The molecule has 2 aromatic carbocycles. The molecule has 0 unspecified atom stereocenters. The maximum atomic E-state index is 11.5. The van der Waals surface area contributed by atoms with Crippen LogP contribution in [0.3, 0.4) is 0 Å². The smallest absolute Gasteiger partial charge is 0.188 e. The lowest BCUT2D eigenvalue weighted by Gasteiger charge is -2.15. The Bertz CT molecular complexity index is 1070. The molecule has 1 N–H and O–H groups in total. The second-order valence-corrected chi connectivity index (χ2v) is 6.90. The van der Waals surface area contributed by atoms with Crippen LogP contribution in [0, 0.1) is 6.57 Å². The number of nitrogens with one attached hydrogen (secondary N) is 1. The molecular formula is C22H20ClN3O2. The largest absolute Gasteiger partial charge is 0.495 e. The summed E-state index contributed by atoms with van der Waals surface area (Å²) in [6.45, 7) is 9.41. The first-order valence-electron chi connectivity index (χ1n) is 8.86. The van der Waals surface area contributed by atoms with Crippen molar-refractivity contribution in [3.63, 3.8) is 0 Å². The van der Waals surface area contributed by atoms with Gasteiger partial charge < -0.3 is 14.8 Å². The predicted molar refractivity (Wildman–Crippen MR) is 112 cm³/mol. The van der Waals surface area contributed by atoms with Gasteiger partial charge in [-0.25, -0.2) is 4.85 Å². The number of carbonyl (C=O) groups is 1. The molecule has 5 nitrogen and oxygen atoms in total. The summed E-state index contributed by atoms with van der Waals surface area (Å²) in [6.07, 6.45) is 2.83. The SMILES string of the molecule is [C-]#[N+]c1ccc2ncc(CCC(C)=O)c(NCc3ccc(OC)c(Cl)c3)c2c1. The highest BCUT2D eigenvalue weighted by Crippen LogP contribution is 2.31. The highest BCUT2D eigenvalue weighted by atomic mass is 35.5. The second kappa shape index (κ2) is 8.73. The van der Waals surface area contributed by atoms with Crippen LogP contribution in [0.15, 0.2) is 42.6 Å². The average Bonchev–Trinajstić information content (AvgIpc) is 2.70. The number of ether oxygens (including phenoxy) is 1. The molecule has 142 valence electrons. The van der Waals surface area contributed by atoms with Gasteiger partial charge in [-0.1, -0.05) is 23.7 Å². The van der Waals surface area contributed by atoms with Crippen molar-refractivity contribution >= 4 is 39.7 Å². The Morgan fingerprint density at radius 3 is 2.79 bits per heavy atom. The number of aryl methyl sites for hydroxylation is 1. The molecule has 1 heterocycles. The van der Waals surface area contributed by atoms with Crippen molar-refractivity contribution in [2.45, 2.75) is 26.3 Å². The van der Waals surface area contributed by atoms with Crippen LogP contribution < -0.4 is 10.1 Å². The summed E-state index contributed by atoms with van der Waals surface area (Å²) in [6, 6.07) is 11.1. The summed E-state index contributed by atoms with van der Waals surface area (Å²) in [4.78, 5) is 19.5. The van der Waals surface area contributed by atoms with E-state index in [1.807, 2.05) is 30.3 Å². The summed E-state index contributed by atoms with van der Waals surface area (Å²) in [5, 5.41) is 4.88. The van der Waals surface area contributed by atoms with Crippen molar-refractivity contribution in [3.8, 4) is 5.75 Å². The Labute approximate surface area is 169 Å². The first-order chi connectivity index (χ1) is 13.5. The topological polar surface area (TPSA) is 55.6 Å². The molecule has 1 aromatic heterocycles. The first-order valence-corrected chi connectivity index (χ1v) is 9.24. The Morgan fingerprint density at radius 2 is 2.11 bits per heavy atom.